The highest BCUT2D eigenvalue weighted by atomic mass is 127. The second-order valence-electron chi connectivity index (χ2n) is 9.63. The van der Waals surface area contributed by atoms with Gasteiger partial charge in [0.1, 0.15) is 9.39 Å². The summed E-state index contributed by atoms with van der Waals surface area (Å²) in [6.07, 6.45) is 2.81. The normalized spacial score (nSPS) is 21.3. The lowest BCUT2D eigenvalue weighted by atomic mass is 9.73. The number of benzene rings is 1. The zero-order valence-corrected chi connectivity index (χ0v) is 21.4. The Balaban J connectivity index is 1.62. The van der Waals surface area contributed by atoms with E-state index in [2.05, 4.69) is 38.9 Å². The number of nitrogen functional groups attached to an aromatic ring is 1. The van der Waals surface area contributed by atoms with E-state index in [1.165, 1.54) is 11.1 Å². The molecule has 1 aliphatic carbocycles. The van der Waals surface area contributed by atoms with Gasteiger partial charge < -0.3 is 10.6 Å². The number of hydrogen-bond donors (Lipinski definition) is 2. The van der Waals surface area contributed by atoms with Gasteiger partial charge in [-0.1, -0.05) is 24.3 Å². The second-order valence-corrected chi connectivity index (χ2v) is 12.7. The molecule has 1 aromatic carbocycles. The van der Waals surface area contributed by atoms with E-state index in [9.17, 15) is 9.00 Å². The van der Waals surface area contributed by atoms with Gasteiger partial charge in [0.2, 0.25) is 5.95 Å². The number of piperidine rings is 1. The Kier molecular flexibility index (Phi) is 5.97. The van der Waals surface area contributed by atoms with Crippen molar-refractivity contribution in [2.24, 2.45) is 12.5 Å². The smallest absolute Gasteiger partial charge is 0.270 e. The number of hydrogen-bond acceptors (Lipinski definition) is 5. The maximum Gasteiger partial charge on any atom is 0.270 e. The van der Waals surface area contributed by atoms with Crippen LogP contribution in [-0.4, -0.2) is 31.6 Å². The highest BCUT2D eigenvalue weighted by Crippen LogP contribution is 2.52. The van der Waals surface area contributed by atoms with Crippen LogP contribution in [0.1, 0.15) is 50.8 Å². The lowest BCUT2D eigenvalue weighted by Crippen LogP contribution is -2.49. The molecule has 9 heteroatoms. The Morgan fingerprint density at radius 3 is 2.55 bits per heavy atom. The number of nitrogens with two attached hydrogens (primary N) is 1. The molecule has 2 heterocycles. The zero-order valence-electron chi connectivity index (χ0n) is 18.4. The van der Waals surface area contributed by atoms with Crippen molar-refractivity contribution < 1.29 is 4.21 Å². The van der Waals surface area contributed by atoms with Crippen molar-refractivity contribution in [3.8, 4) is 0 Å². The van der Waals surface area contributed by atoms with Crippen molar-refractivity contribution in [1.29, 1.82) is 0 Å². The van der Waals surface area contributed by atoms with Crippen LogP contribution >= 0.6 is 22.6 Å². The Labute approximate surface area is 199 Å². The molecule has 1 fully saturated rings. The van der Waals surface area contributed by atoms with E-state index in [-0.39, 0.29) is 27.6 Å². The summed E-state index contributed by atoms with van der Waals surface area (Å²) in [5.41, 5.74) is 8.46. The van der Waals surface area contributed by atoms with Crippen LogP contribution in [0.5, 0.6) is 0 Å². The molecule has 1 saturated heterocycles. The minimum absolute atomic E-state index is 0.00525. The van der Waals surface area contributed by atoms with Gasteiger partial charge in [-0.05, 0) is 79.2 Å². The van der Waals surface area contributed by atoms with E-state index in [0.717, 1.165) is 32.4 Å². The molecule has 0 radical (unpaired) electrons. The highest BCUT2D eigenvalue weighted by molar-refractivity contribution is 14.1. The third kappa shape index (κ3) is 4.04. The SMILES string of the molecule is Cn1c(N2CCC3(CC2)Cc2ccccc2[C@H]3NS(=O)C(C)(C)C)nc(N)c(I)c1=O. The number of nitrogens with one attached hydrogen (secondary N) is 1. The molecule has 0 amide bonds. The molecule has 1 aliphatic heterocycles. The fourth-order valence-corrected chi connectivity index (χ4v) is 6.17. The number of aromatic nitrogens is 2. The molecule has 1 aromatic heterocycles. The van der Waals surface area contributed by atoms with Crippen LogP contribution in [0.3, 0.4) is 0 Å². The molecule has 2 aromatic rings. The van der Waals surface area contributed by atoms with E-state index >= 15 is 0 Å². The Bertz CT molecular complexity index is 1090. The molecular formula is C22H30IN5O2S. The fraction of sp³-hybridized carbons (Fsp3) is 0.545. The molecular weight excluding hydrogens is 525 g/mol. The number of nitrogens with zero attached hydrogens (tertiary/aromatic N) is 3. The molecule has 3 N–H and O–H groups in total. The maximum atomic E-state index is 13.0. The number of halogens is 1. The predicted molar refractivity (Wildman–Crippen MR) is 134 cm³/mol. The van der Waals surface area contributed by atoms with Crippen LogP contribution in [0.15, 0.2) is 29.1 Å². The lowest BCUT2D eigenvalue weighted by Gasteiger charge is -2.44. The molecule has 0 bridgehead atoms. The number of anilines is 2. The number of rotatable bonds is 3. The average molecular weight is 555 g/mol. The fourth-order valence-electron chi connectivity index (χ4n) is 4.74. The van der Waals surface area contributed by atoms with Crippen LogP contribution in [0.2, 0.25) is 0 Å². The Hall–Kier alpha value is -1.46. The van der Waals surface area contributed by atoms with Gasteiger partial charge in [-0.3, -0.25) is 9.36 Å². The first kappa shape index (κ1) is 22.7. The van der Waals surface area contributed by atoms with Crippen molar-refractivity contribution in [2.75, 3.05) is 23.7 Å². The molecule has 7 nitrogen and oxygen atoms in total. The van der Waals surface area contributed by atoms with Crippen molar-refractivity contribution in [2.45, 2.75) is 50.8 Å². The van der Waals surface area contributed by atoms with Crippen molar-refractivity contribution in [3.63, 3.8) is 0 Å². The second kappa shape index (κ2) is 8.15. The third-order valence-corrected chi connectivity index (χ3v) is 9.16. The van der Waals surface area contributed by atoms with Gasteiger partial charge in [0.15, 0.2) is 0 Å². The van der Waals surface area contributed by atoms with E-state index < -0.39 is 11.0 Å². The maximum absolute atomic E-state index is 13.0. The zero-order chi connectivity index (χ0) is 22.6. The molecule has 2 aliphatic rings. The van der Waals surface area contributed by atoms with E-state index in [0.29, 0.717) is 9.52 Å². The summed E-state index contributed by atoms with van der Waals surface area (Å²) >= 11 is 1.95. The molecule has 2 atom stereocenters. The van der Waals surface area contributed by atoms with Gasteiger partial charge in [-0.2, -0.15) is 4.98 Å². The van der Waals surface area contributed by atoms with E-state index in [1.54, 1.807) is 11.6 Å². The minimum atomic E-state index is -1.16. The summed E-state index contributed by atoms with van der Waals surface area (Å²) in [5.74, 6) is 0.906. The van der Waals surface area contributed by atoms with Gasteiger partial charge in [0.05, 0.1) is 21.8 Å². The molecule has 4 rings (SSSR count). The summed E-state index contributed by atoms with van der Waals surface area (Å²) in [6, 6.07) is 8.55. The van der Waals surface area contributed by atoms with Crippen LogP contribution < -0.4 is 20.9 Å². The molecule has 1 spiro atoms. The first-order valence-electron chi connectivity index (χ1n) is 10.6. The third-order valence-electron chi connectivity index (χ3n) is 6.58. The molecule has 168 valence electrons. The van der Waals surface area contributed by atoms with Gasteiger partial charge in [0.25, 0.3) is 5.56 Å². The van der Waals surface area contributed by atoms with Crippen LogP contribution in [0.25, 0.3) is 0 Å². The predicted octanol–water partition coefficient (Wildman–Crippen LogP) is 2.90. The summed E-state index contributed by atoms with van der Waals surface area (Å²) in [6.45, 7) is 7.54. The topological polar surface area (TPSA) is 93.2 Å². The summed E-state index contributed by atoms with van der Waals surface area (Å²) in [7, 11) is 0.591. The van der Waals surface area contributed by atoms with Crippen molar-refractivity contribution in [1.82, 2.24) is 14.3 Å². The quantitative estimate of drug-likeness (QED) is 0.569. The standard InChI is InChI=1S/C22H30IN5O2S/c1-21(2,3)31(30)26-17-15-8-6-5-7-14(15)13-22(17)9-11-28(12-10-22)20-25-18(24)16(23)19(29)27(20)4/h5-8,17,26H,9-13,24H2,1-4H3/t17-,31?/m1/s1. The molecule has 0 saturated carbocycles. The number of fused-ring (bicyclic) bond motifs is 1. The van der Waals surface area contributed by atoms with Crippen LogP contribution in [0, 0.1) is 8.99 Å². The lowest BCUT2D eigenvalue weighted by molar-refractivity contribution is 0.176. The highest BCUT2D eigenvalue weighted by Gasteiger charge is 2.49. The summed E-state index contributed by atoms with van der Waals surface area (Å²) in [5, 5.41) is 0. The molecule has 1 unspecified atom stereocenters. The Morgan fingerprint density at radius 1 is 1.26 bits per heavy atom. The molecule has 31 heavy (non-hydrogen) atoms. The Morgan fingerprint density at radius 2 is 1.90 bits per heavy atom. The van der Waals surface area contributed by atoms with Gasteiger partial charge in [-0.25, -0.2) is 8.93 Å². The minimum Gasteiger partial charge on any atom is -0.383 e. The summed E-state index contributed by atoms with van der Waals surface area (Å²) < 4.78 is 18.2. The van der Waals surface area contributed by atoms with Crippen molar-refractivity contribution >= 4 is 45.3 Å². The largest absolute Gasteiger partial charge is 0.383 e. The first-order valence-corrected chi connectivity index (χ1v) is 12.8. The van der Waals surface area contributed by atoms with Gasteiger partial charge >= 0.3 is 0 Å². The monoisotopic (exact) mass is 555 g/mol. The average Bonchev–Trinajstić information content (AvgIpc) is 3.02. The van der Waals surface area contributed by atoms with E-state index in [1.807, 2.05) is 43.4 Å². The van der Waals surface area contributed by atoms with E-state index in [4.69, 9.17) is 5.73 Å². The van der Waals surface area contributed by atoms with Crippen LogP contribution in [-0.2, 0) is 24.5 Å². The van der Waals surface area contributed by atoms with Crippen molar-refractivity contribution in [3.05, 3.63) is 49.3 Å². The van der Waals surface area contributed by atoms with Gasteiger partial charge in [0, 0.05) is 20.1 Å². The summed E-state index contributed by atoms with van der Waals surface area (Å²) in [4.78, 5) is 19.1. The van der Waals surface area contributed by atoms with Gasteiger partial charge in [-0.15, -0.1) is 0 Å². The van der Waals surface area contributed by atoms with Crippen LogP contribution in [0.4, 0.5) is 11.8 Å². The first-order chi connectivity index (χ1) is 14.5.